The molecule has 0 saturated carbocycles. The molecule has 1 aromatic rings. The highest BCUT2D eigenvalue weighted by Crippen LogP contribution is 2.17. The number of hydrogen-bond acceptors (Lipinski definition) is 5. The van der Waals surface area contributed by atoms with Crippen LogP contribution in [0.1, 0.15) is 20.3 Å². The van der Waals surface area contributed by atoms with Gasteiger partial charge in [0.05, 0.1) is 6.61 Å². The Kier molecular flexibility index (Phi) is 6.44. The fourth-order valence-electron chi connectivity index (χ4n) is 1.35. The SMILES string of the molecule is CC(C)CCOCCNc1nc(NN)c(F)cc1F. The van der Waals surface area contributed by atoms with E-state index in [2.05, 4.69) is 29.6 Å². The minimum absolute atomic E-state index is 0.0539. The van der Waals surface area contributed by atoms with Crippen LogP contribution in [0.15, 0.2) is 6.07 Å². The molecule has 0 unspecified atom stereocenters. The minimum Gasteiger partial charge on any atom is -0.380 e. The summed E-state index contributed by atoms with van der Waals surface area (Å²) in [6.45, 7) is 5.70. The van der Waals surface area contributed by atoms with Crippen LogP contribution in [0, 0.1) is 17.6 Å². The molecule has 1 rings (SSSR count). The van der Waals surface area contributed by atoms with Gasteiger partial charge in [0.2, 0.25) is 0 Å². The first-order valence-electron chi connectivity index (χ1n) is 6.19. The highest BCUT2D eigenvalue weighted by Gasteiger charge is 2.10. The number of anilines is 2. The third-order valence-corrected chi connectivity index (χ3v) is 2.44. The molecule has 0 aliphatic carbocycles. The van der Waals surface area contributed by atoms with Gasteiger partial charge >= 0.3 is 0 Å². The Morgan fingerprint density at radius 1 is 1.26 bits per heavy atom. The summed E-state index contributed by atoms with van der Waals surface area (Å²) in [6, 6.07) is 0.726. The molecule has 1 aromatic heterocycles. The summed E-state index contributed by atoms with van der Waals surface area (Å²) in [4.78, 5) is 3.68. The summed E-state index contributed by atoms with van der Waals surface area (Å²) in [7, 11) is 0. The summed E-state index contributed by atoms with van der Waals surface area (Å²) >= 11 is 0. The molecular weight excluding hydrogens is 254 g/mol. The molecule has 1 heterocycles. The van der Waals surface area contributed by atoms with Crippen LogP contribution in [0.25, 0.3) is 0 Å². The summed E-state index contributed by atoms with van der Waals surface area (Å²) in [5.41, 5.74) is 2.06. The van der Waals surface area contributed by atoms with E-state index in [1.807, 2.05) is 0 Å². The maximum absolute atomic E-state index is 13.4. The number of ether oxygens (including phenoxy) is 1. The summed E-state index contributed by atoms with van der Waals surface area (Å²) < 4.78 is 31.8. The Labute approximate surface area is 111 Å². The monoisotopic (exact) mass is 274 g/mol. The van der Waals surface area contributed by atoms with E-state index >= 15 is 0 Å². The molecule has 108 valence electrons. The van der Waals surface area contributed by atoms with Gasteiger partial charge < -0.3 is 15.5 Å². The molecule has 0 saturated heterocycles. The van der Waals surface area contributed by atoms with Crippen molar-refractivity contribution in [3.63, 3.8) is 0 Å². The fraction of sp³-hybridized carbons (Fsp3) is 0.583. The Hall–Kier alpha value is -1.47. The Bertz CT molecular complexity index is 402. The Balaban J connectivity index is 2.37. The van der Waals surface area contributed by atoms with Gasteiger partial charge in [-0.3, -0.25) is 0 Å². The first-order chi connectivity index (χ1) is 9.04. The molecule has 5 nitrogen and oxygen atoms in total. The van der Waals surface area contributed by atoms with Crippen molar-refractivity contribution in [2.24, 2.45) is 11.8 Å². The van der Waals surface area contributed by atoms with Gasteiger partial charge in [-0.05, 0) is 12.3 Å². The molecule has 0 atom stereocenters. The Morgan fingerprint density at radius 3 is 2.58 bits per heavy atom. The normalized spacial score (nSPS) is 10.8. The molecule has 7 heteroatoms. The first-order valence-corrected chi connectivity index (χ1v) is 6.19. The van der Waals surface area contributed by atoms with Crippen molar-refractivity contribution in [1.29, 1.82) is 0 Å². The molecule has 4 N–H and O–H groups in total. The van der Waals surface area contributed by atoms with Gasteiger partial charge in [-0.25, -0.2) is 19.6 Å². The van der Waals surface area contributed by atoms with Gasteiger partial charge in [0.1, 0.15) is 0 Å². The lowest BCUT2D eigenvalue weighted by Crippen LogP contribution is -2.16. The van der Waals surface area contributed by atoms with E-state index in [-0.39, 0.29) is 11.6 Å². The number of rotatable bonds is 8. The second-order valence-corrected chi connectivity index (χ2v) is 4.52. The average Bonchev–Trinajstić information content (AvgIpc) is 2.35. The van der Waals surface area contributed by atoms with Crippen molar-refractivity contribution in [1.82, 2.24) is 4.98 Å². The third kappa shape index (κ3) is 5.35. The summed E-state index contributed by atoms with van der Waals surface area (Å²) in [5.74, 6) is 3.79. The molecule has 0 bridgehead atoms. The van der Waals surface area contributed by atoms with Gasteiger partial charge in [0, 0.05) is 19.2 Å². The van der Waals surface area contributed by atoms with E-state index in [9.17, 15) is 8.78 Å². The molecule has 0 radical (unpaired) electrons. The number of nitrogen functional groups attached to an aromatic ring is 1. The Morgan fingerprint density at radius 2 is 1.95 bits per heavy atom. The number of hydrogen-bond donors (Lipinski definition) is 3. The lowest BCUT2D eigenvalue weighted by molar-refractivity contribution is 0.132. The van der Waals surface area contributed by atoms with Crippen LogP contribution >= 0.6 is 0 Å². The minimum atomic E-state index is -0.835. The van der Waals surface area contributed by atoms with Gasteiger partial charge in [-0.15, -0.1) is 0 Å². The maximum atomic E-state index is 13.4. The van der Waals surface area contributed by atoms with Crippen LogP contribution in [-0.4, -0.2) is 24.7 Å². The van der Waals surface area contributed by atoms with Crippen molar-refractivity contribution in [2.45, 2.75) is 20.3 Å². The summed E-state index contributed by atoms with van der Waals surface area (Å²) in [6.07, 6.45) is 0.977. The largest absolute Gasteiger partial charge is 0.380 e. The van der Waals surface area contributed by atoms with E-state index in [4.69, 9.17) is 10.6 Å². The second-order valence-electron chi connectivity index (χ2n) is 4.52. The number of pyridine rings is 1. The highest BCUT2D eigenvalue weighted by molar-refractivity contribution is 5.46. The van der Waals surface area contributed by atoms with Crippen LogP contribution in [0.5, 0.6) is 0 Å². The topological polar surface area (TPSA) is 72.2 Å². The molecule has 0 aliphatic rings. The average molecular weight is 274 g/mol. The van der Waals surface area contributed by atoms with E-state index in [1.54, 1.807) is 0 Å². The number of nitrogens with one attached hydrogen (secondary N) is 2. The molecule has 0 fully saturated rings. The van der Waals surface area contributed by atoms with Crippen molar-refractivity contribution in [3.8, 4) is 0 Å². The molecule has 0 spiro atoms. The first kappa shape index (κ1) is 15.6. The zero-order valence-electron chi connectivity index (χ0n) is 11.2. The van der Waals surface area contributed by atoms with E-state index < -0.39 is 11.6 Å². The molecule has 0 aliphatic heterocycles. The van der Waals surface area contributed by atoms with Gasteiger partial charge in [0.25, 0.3) is 0 Å². The standard InChI is InChI=1S/C12H20F2N4O/c1-8(2)3-5-19-6-4-16-11-9(13)7-10(14)12(17-11)18-15/h7-8H,3-6,15H2,1-2H3,(H2,16,17,18). The fourth-order valence-corrected chi connectivity index (χ4v) is 1.35. The molecule has 0 aromatic carbocycles. The molecule has 0 amide bonds. The number of nitrogens with zero attached hydrogens (tertiary/aromatic N) is 1. The van der Waals surface area contributed by atoms with Crippen molar-refractivity contribution in [2.75, 3.05) is 30.5 Å². The zero-order valence-corrected chi connectivity index (χ0v) is 11.2. The number of hydrazine groups is 1. The second kappa shape index (κ2) is 7.85. The number of halogens is 2. The highest BCUT2D eigenvalue weighted by atomic mass is 19.1. The number of aromatic nitrogens is 1. The number of nitrogens with two attached hydrogens (primary N) is 1. The van der Waals surface area contributed by atoms with Crippen LogP contribution in [0.2, 0.25) is 0 Å². The van der Waals surface area contributed by atoms with E-state index in [0.717, 1.165) is 12.5 Å². The predicted octanol–water partition coefficient (Wildman–Crippen LogP) is 2.12. The summed E-state index contributed by atoms with van der Waals surface area (Å²) in [5, 5.41) is 2.73. The van der Waals surface area contributed by atoms with Gasteiger partial charge in [-0.2, -0.15) is 0 Å². The predicted molar refractivity (Wildman–Crippen MR) is 70.7 cm³/mol. The third-order valence-electron chi connectivity index (χ3n) is 2.44. The van der Waals surface area contributed by atoms with Crippen LogP contribution in [0.3, 0.4) is 0 Å². The van der Waals surface area contributed by atoms with Gasteiger partial charge in [0.15, 0.2) is 23.3 Å². The van der Waals surface area contributed by atoms with E-state index in [0.29, 0.717) is 25.7 Å². The van der Waals surface area contributed by atoms with Crippen molar-refractivity contribution < 1.29 is 13.5 Å². The van der Waals surface area contributed by atoms with Crippen LogP contribution in [-0.2, 0) is 4.74 Å². The molecular formula is C12H20F2N4O. The van der Waals surface area contributed by atoms with Crippen LogP contribution < -0.4 is 16.6 Å². The maximum Gasteiger partial charge on any atom is 0.178 e. The molecule has 19 heavy (non-hydrogen) atoms. The lowest BCUT2D eigenvalue weighted by atomic mass is 10.1. The zero-order chi connectivity index (χ0) is 14.3. The van der Waals surface area contributed by atoms with Crippen LogP contribution in [0.4, 0.5) is 20.4 Å². The van der Waals surface area contributed by atoms with Crippen molar-refractivity contribution >= 4 is 11.6 Å². The lowest BCUT2D eigenvalue weighted by Gasteiger charge is -2.10. The van der Waals surface area contributed by atoms with Crippen molar-refractivity contribution in [3.05, 3.63) is 17.7 Å². The van der Waals surface area contributed by atoms with Gasteiger partial charge in [-0.1, -0.05) is 13.8 Å². The van der Waals surface area contributed by atoms with E-state index in [1.165, 1.54) is 0 Å². The smallest absolute Gasteiger partial charge is 0.178 e. The quantitative estimate of drug-likeness (QED) is 0.385.